The molecule has 0 aliphatic heterocycles. The zero-order valence-corrected chi connectivity index (χ0v) is 11.7. The van der Waals surface area contributed by atoms with E-state index in [2.05, 4.69) is 10.5 Å². The number of nitrogens with one attached hydrogen (secondary N) is 1. The van der Waals surface area contributed by atoms with Crippen molar-refractivity contribution in [3.63, 3.8) is 0 Å². The molecular weight excluding hydrogens is 252 g/mol. The number of aromatic nitrogens is 1. The fourth-order valence-corrected chi connectivity index (χ4v) is 3.64. The van der Waals surface area contributed by atoms with Crippen molar-refractivity contribution in [1.29, 1.82) is 0 Å². The van der Waals surface area contributed by atoms with E-state index >= 15 is 0 Å². The van der Waals surface area contributed by atoms with Crippen molar-refractivity contribution < 1.29 is 12.9 Å². The number of nitrogens with zero attached hydrogens (tertiary/aromatic N) is 1. The minimum absolute atomic E-state index is 0.194. The van der Waals surface area contributed by atoms with Gasteiger partial charge in [0.05, 0.1) is 17.5 Å². The van der Waals surface area contributed by atoms with Crippen molar-refractivity contribution in [2.24, 2.45) is 0 Å². The second kappa shape index (κ2) is 5.40. The maximum Gasteiger partial charge on any atom is 0.150 e. The maximum atomic E-state index is 11.6. The zero-order valence-electron chi connectivity index (χ0n) is 10.8. The van der Waals surface area contributed by atoms with Gasteiger partial charge in [-0.25, -0.2) is 8.42 Å². The maximum absolute atomic E-state index is 11.6. The Kier molecular flexibility index (Phi) is 4.07. The van der Waals surface area contributed by atoms with Crippen LogP contribution in [0, 0.1) is 6.92 Å². The Balaban J connectivity index is 1.86. The van der Waals surface area contributed by atoms with Gasteiger partial charge >= 0.3 is 0 Å². The molecule has 1 N–H and O–H groups in total. The second-order valence-electron chi connectivity index (χ2n) is 5.13. The first-order chi connectivity index (χ1) is 8.45. The third-order valence-corrected chi connectivity index (χ3v) is 5.11. The molecule has 0 spiro atoms. The molecule has 1 saturated carbocycles. The van der Waals surface area contributed by atoms with E-state index in [4.69, 9.17) is 4.52 Å². The number of hydrogen-bond donors (Lipinski definition) is 1. The summed E-state index contributed by atoms with van der Waals surface area (Å²) in [5.41, 5.74) is 0.865. The van der Waals surface area contributed by atoms with Crippen LogP contribution in [0.2, 0.25) is 0 Å². The van der Waals surface area contributed by atoms with Gasteiger partial charge in [0.15, 0.2) is 5.76 Å². The minimum Gasteiger partial charge on any atom is -0.360 e. The summed E-state index contributed by atoms with van der Waals surface area (Å²) >= 11 is 0. The van der Waals surface area contributed by atoms with Crippen molar-refractivity contribution in [3.05, 3.63) is 17.5 Å². The van der Waals surface area contributed by atoms with Crippen LogP contribution in [0.1, 0.15) is 37.1 Å². The van der Waals surface area contributed by atoms with E-state index in [1.807, 2.05) is 13.0 Å². The number of rotatable bonds is 4. The fraction of sp³-hybridized carbons (Fsp3) is 0.750. The highest BCUT2D eigenvalue weighted by Crippen LogP contribution is 2.24. The average molecular weight is 272 g/mol. The molecule has 1 aromatic heterocycles. The molecule has 0 aromatic carbocycles. The quantitative estimate of drug-likeness (QED) is 0.897. The third-order valence-electron chi connectivity index (χ3n) is 3.47. The predicted molar refractivity (Wildman–Crippen MR) is 69.0 cm³/mol. The molecule has 5 nitrogen and oxygen atoms in total. The van der Waals surface area contributed by atoms with Gasteiger partial charge in [0.1, 0.15) is 9.84 Å². The van der Waals surface area contributed by atoms with E-state index < -0.39 is 9.84 Å². The molecule has 1 aliphatic rings. The van der Waals surface area contributed by atoms with Crippen molar-refractivity contribution in [2.45, 2.75) is 50.4 Å². The molecule has 1 heterocycles. The molecule has 1 fully saturated rings. The molecule has 0 saturated heterocycles. The molecule has 6 heteroatoms. The van der Waals surface area contributed by atoms with Crippen LogP contribution in [0.25, 0.3) is 0 Å². The number of sulfone groups is 1. The summed E-state index contributed by atoms with van der Waals surface area (Å²) in [5.74, 6) is 0.800. The Morgan fingerprint density at radius 3 is 2.89 bits per heavy atom. The first-order valence-corrected chi connectivity index (χ1v) is 8.25. The molecule has 2 unspecified atom stereocenters. The molecule has 1 aliphatic carbocycles. The fourth-order valence-electron chi connectivity index (χ4n) is 2.46. The van der Waals surface area contributed by atoms with Gasteiger partial charge < -0.3 is 9.84 Å². The number of hydrogen-bond acceptors (Lipinski definition) is 5. The molecule has 0 amide bonds. The molecule has 102 valence electrons. The summed E-state index contributed by atoms with van der Waals surface area (Å²) in [6.45, 7) is 2.50. The van der Waals surface area contributed by atoms with Gasteiger partial charge in [-0.3, -0.25) is 0 Å². The van der Waals surface area contributed by atoms with Crippen LogP contribution in [-0.4, -0.2) is 31.1 Å². The van der Waals surface area contributed by atoms with Gasteiger partial charge in [-0.1, -0.05) is 11.6 Å². The highest BCUT2D eigenvalue weighted by atomic mass is 32.2. The lowest BCUT2D eigenvalue weighted by molar-refractivity contribution is 0.330. The standard InChI is InChI=1S/C12H20N2O3S/c1-9-6-11(17-14-9)8-13-10-4-3-5-12(7-10)18(2,15)16/h6,10,12-13H,3-5,7-8H2,1-2H3. The van der Waals surface area contributed by atoms with E-state index in [0.29, 0.717) is 13.0 Å². The van der Waals surface area contributed by atoms with E-state index in [1.165, 1.54) is 6.26 Å². The van der Waals surface area contributed by atoms with Crippen LogP contribution in [0.4, 0.5) is 0 Å². The Morgan fingerprint density at radius 1 is 1.50 bits per heavy atom. The summed E-state index contributed by atoms with van der Waals surface area (Å²) in [5, 5.41) is 6.98. The summed E-state index contributed by atoms with van der Waals surface area (Å²) < 4.78 is 28.2. The van der Waals surface area contributed by atoms with Crippen molar-refractivity contribution in [1.82, 2.24) is 10.5 Å². The average Bonchev–Trinajstić information content (AvgIpc) is 2.72. The summed E-state index contributed by atoms with van der Waals surface area (Å²) in [4.78, 5) is 0. The van der Waals surface area contributed by atoms with E-state index in [-0.39, 0.29) is 11.3 Å². The van der Waals surface area contributed by atoms with Crippen LogP contribution in [0.15, 0.2) is 10.6 Å². The third kappa shape index (κ3) is 3.55. The van der Waals surface area contributed by atoms with Crippen LogP contribution >= 0.6 is 0 Å². The summed E-state index contributed by atoms with van der Waals surface area (Å²) in [7, 11) is -2.91. The molecular formula is C12H20N2O3S. The predicted octanol–water partition coefficient (Wildman–Crippen LogP) is 1.43. The van der Waals surface area contributed by atoms with Gasteiger partial charge in [-0.15, -0.1) is 0 Å². The van der Waals surface area contributed by atoms with Crippen molar-refractivity contribution >= 4 is 9.84 Å². The van der Waals surface area contributed by atoms with E-state index in [0.717, 1.165) is 30.7 Å². The Labute approximate surface area is 108 Å². The van der Waals surface area contributed by atoms with E-state index in [9.17, 15) is 8.42 Å². The molecule has 2 atom stereocenters. The van der Waals surface area contributed by atoms with Crippen molar-refractivity contribution in [2.75, 3.05) is 6.26 Å². The molecule has 0 bridgehead atoms. The van der Waals surface area contributed by atoms with Crippen LogP contribution in [0.5, 0.6) is 0 Å². The molecule has 18 heavy (non-hydrogen) atoms. The lowest BCUT2D eigenvalue weighted by Gasteiger charge is -2.28. The van der Waals surface area contributed by atoms with Crippen LogP contribution in [-0.2, 0) is 16.4 Å². The van der Waals surface area contributed by atoms with Gasteiger partial charge in [0.25, 0.3) is 0 Å². The van der Waals surface area contributed by atoms with Gasteiger partial charge in [-0.2, -0.15) is 0 Å². The van der Waals surface area contributed by atoms with Crippen LogP contribution in [0.3, 0.4) is 0 Å². The molecule has 2 rings (SSSR count). The Morgan fingerprint density at radius 2 is 2.28 bits per heavy atom. The van der Waals surface area contributed by atoms with Crippen LogP contribution < -0.4 is 5.32 Å². The summed E-state index contributed by atoms with van der Waals surface area (Å²) in [6, 6.07) is 2.15. The zero-order chi connectivity index (χ0) is 13.2. The van der Waals surface area contributed by atoms with Crippen molar-refractivity contribution in [3.8, 4) is 0 Å². The lowest BCUT2D eigenvalue weighted by Crippen LogP contribution is -2.38. The Bertz CT molecular complexity index is 495. The van der Waals surface area contributed by atoms with Gasteiger partial charge in [-0.05, 0) is 26.2 Å². The monoisotopic (exact) mass is 272 g/mol. The highest BCUT2D eigenvalue weighted by molar-refractivity contribution is 7.91. The first kappa shape index (κ1) is 13.5. The Hall–Kier alpha value is -0.880. The topological polar surface area (TPSA) is 72.2 Å². The summed E-state index contributed by atoms with van der Waals surface area (Å²) in [6.07, 6.45) is 4.81. The highest BCUT2D eigenvalue weighted by Gasteiger charge is 2.28. The molecule has 0 radical (unpaired) electrons. The smallest absolute Gasteiger partial charge is 0.150 e. The number of aryl methyl sites for hydroxylation is 1. The largest absolute Gasteiger partial charge is 0.360 e. The first-order valence-electron chi connectivity index (χ1n) is 6.29. The second-order valence-corrected chi connectivity index (χ2v) is 7.46. The van der Waals surface area contributed by atoms with E-state index in [1.54, 1.807) is 0 Å². The molecule has 1 aromatic rings. The van der Waals surface area contributed by atoms with Gasteiger partial charge in [0.2, 0.25) is 0 Å². The lowest BCUT2D eigenvalue weighted by atomic mass is 9.95. The van der Waals surface area contributed by atoms with Gasteiger partial charge in [0, 0.05) is 18.4 Å². The minimum atomic E-state index is -2.91. The normalized spacial score (nSPS) is 25.2. The SMILES string of the molecule is Cc1cc(CNC2CCCC(S(C)(=O)=O)C2)on1.